The van der Waals surface area contributed by atoms with Gasteiger partial charge in [-0.1, -0.05) is 98.6 Å². The van der Waals surface area contributed by atoms with E-state index in [0.717, 1.165) is 28.5 Å². The first kappa shape index (κ1) is 57.5. The van der Waals surface area contributed by atoms with Crippen LogP contribution in [0.2, 0.25) is 0 Å². The number of rotatable bonds is 30. The molecule has 8 atom stereocenters. The Morgan fingerprint density at radius 3 is 1.56 bits per heavy atom. The minimum Gasteiger partial charge on any atom is -0.368 e. The third kappa shape index (κ3) is 17.9. The van der Waals surface area contributed by atoms with Gasteiger partial charge in [0.25, 0.3) is 0 Å². The molecule has 0 saturated carbocycles. The molecule has 1 aliphatic heterocycles. The number of nitrogens with two attached hydrogens (primary N) is 2. The summed E-state index contributed by atoms with van der Waals surface area (Å²) in [4.78, 5) is 113. The molecule has 19 nitrogen and oxygen atoms in total. The summed E-state index contributed by atoms with van der Waals surface area (Å²) in [7, 11) is 0. The lowest BCUT2D eigenvalue weighted by molar-refractivity contribution is -0.135. The Hall–Kier alpha value is -6.42. The maximum absolute atomic E-state index is 14.6. The van der Waals surface area contributed by atoms with E-state index in [1.807, 2.05) is 67.6 Å². The molecule has 1 fully saturated rings. The molecule has 394 valence electrons. The molecule has 4 aromatic rings. The van der Waals surface area contributed by atoms with Crippen LogP contribution >= 0.6 is 25.3 Å². The van der Waals surface area contributed by atoms with Gasteiger partial charge in [-0.25, -0.2) is 0 Å². The lowest BCUT2D eigenvalue weighted by atomic mass is 10.0. The summed E-state index contributed by atoms with van der Waals surface area (Å²) >= 11 is 8.76. The molecule has 8 amide bonds. The normalized spacial score (nSPS) is 16.1. The fraction of sp³-hybridized carbons (Fsp3) is 0.462. The number of hydrogen-bond acceptors (Lipinski definition) is 12. The van der Waals surface area contributed by atoms with Gasteiger partial charge in [-0.3, -0.25) is 38.4 Å². The van der Waals surface area contributed by atoms with Crippen LogP contribution in [0.4, 0.5) is 0 Å². The topological polar surface area (TPSA) is 301 Å². The summed E-state index contributed by atoms with van der Waals surface area (Å²) in [6, 6.07) is 16.8. The maximum Gasteiger partial charge on any atom is 0.244 e. The van der Waals surface area contributed by atoms with Crippen molar-refractivity contribution in [3.63, 3.8) is 0 Å². The smallest absolute Gasteiger partial charge is 0.244 e. The third-order valence-corrected chi connectivity index (χ3v) is 13.4. The lowest BCUT2D eigenvalue weighted by Crippen LogP contribution is -2.61. The van der Waals surface area contributed by atoms with Crippen molar-refractivity contribution in [2.45, 2.75) is 126 Å². The fourth-order valence-electron chi connectivity index (χ4n) is 8.50. The summed E-state index contributed by atoms with van der Waals surface area (Å²) in [6.07, 6.45) is 5.85. The second kappa shape index (κ2) is 29.9. The molecular formula is C52H71N11O8S2. The van der Waals surface area contributed by atoms with Crippen molar-refractivity contribution in [1.29, 1.82) is 0 Å². The van der Waals surface area contributed by atoms with E-state index in [2.05, 4.69) is 72.8 Å². The number of para-hydroxylation sites is 1. The van der Waals surface area contributed by atoms with Crippen molar-refractivity contribution in [2.75, 3.05) is 24.6 Å². The maximum atomic E-state index is 14.6. The summed E-state index contributed by atoms with van der Waals surface area (Å²) in [5, 5.41) is 23.2. The molecule has 73 heavy (non-hydrogen) atoms. The Bertz CT molecular complexity index is 2460. The molecule has 0 aliphatic carbocycles. The quantitative estimate of drug-likeness (QED) is 0.0260. The van der Waals surface area contributed by atoms with Gasteiger partial charge in [-0.2, -0.15) is 25.3 Å². The number of amides is 8. The number of nitrogens with one attached hydrogen (secondary N) is 9. The molecule has 2 heterocycles. The van der Waals surface area contributed by atoms with Crippen LogP contribution in [-0.4, -0.2) is 125 Å². The summed E-state index contributed by atoms with van der Waals surface area (Å²) in [5.74, 6) is -5.65. The Labute approximate surface area is 437 Å². The zero-order chi connectivity index (χ0) is 52.7. The van der Waals surface area contributed by atoms with Crippen LogP contribution in [0.25, 0.3) is 10.9 Å². The largest absolute Gasteiger partial charge is 0.368 e. The van der Waals surface area contributed by atoms with Gasteiger partial charge >= 0.3 is 0 Å². The first-order valence-electron chi connectivity index (χ1n) is 24.9. The zero-order valence-corrected chi connectivity index (χ0v) is 43.0. The number of thiol groups is 2. The Morgan fingerprint density at radius 2 is 1.04 bits per heavy atom. The van der Waals surface area contributed by atoms with Crippen LogP contribution < -0.4 is 54.0 Å². The number of fused-ring (bicyclic) bond motifs is 1. The standard InChI is InChI=1S/C52H71N11O8S2/c1-2-3-20-38(47(66)59-40(45(54)64)26-32-15-6-4-7-16-32)58-51(70)43(30-72)62-48(67)39(22-12-13-24-53)57-50(69)42(28-34-29-56-36-21-11-10-19-35(34)36)61-52(71)44(31-73)63-49(68)41(27-33-17-8-5-9-18-33)60-46(65)37-23-14-25-55-37/h4-11,15-19,21,29,37-44,55-56,72-73H,2-3,12-14,20,22-28,30-31,53H2,1H3,(H2,54,64)(H,57,69)(H,58,70)(H,59,66)(H,60,65)(H,61,71)(H,62,67)(H,63,68)/t37-,38-,39-,40-,41-,42+,43+,44+/m0/s1. The first-order chi connectivity index (χ1) is 35.2. The van der Waals surface area contributed by atoms with Gasteiger partial charge in [-0.05, 0) is 74.4 Å². The number of aromatic amines is 1. The molecule has 5 rings (SSSR count). The SMILES string of the molecule is CCCC[C@H](NC(=O)[C@@H](CS)NC(=O)[C@H](CCCCN)NC(=O)[C@@H](Cc1c[nH]c2ccccc12)NC(=O)[C@@H](CS)NC(=O)[C@H](Cc1ccccc1)NC(=O)[C@@H]1CCCN1)C(=O)N[C@@H](Cc1ccccc1)C(N)=O. The van der Waals surface area contributed by atoms with Crippen molar-refractivity contribution >= 4 is 83.4 Å². The highest BCUT2D eigenvalue weighted by Gasteiger charge is 2.35. The van der Waals surface area contributed by atoms with Crippen molar-refractivity contribution in [3.05, 3.63) is 108 Å². The lowest BCUT2D eigenvalue weighted by Gasteiger charge is -2.27. The Kier molecular flexibility index (Phi) is 23.6. The summed E-state index contributed by atoms with van der Waals surface area (Å²) in [6.45, 7) is 2.90. The van der Waals surface area contributed by atoms with Crippen LogP contribution in [-0.2, 0) is 57.6 Å². The van der Waals surface area contributed by atoms with Gasteiger partial charge in [0.2, 0.25) is 47.3 Å². The van der Waals surface area contributed by atoms with Gasteiger partial charge in [0.15, 0.2) is 0 Å². The summed E-state index contributed by atoms with van der Waals surface area (Å²) in [5.41, 5.74) is 14.5. The van der Waals surface area contributed by atoms with Crippen molar-refractivity contribution < 1.29 is 38.4 Å². The minimum atomic E-state index is -1.31. The van der Waals surface area contributed by atoms with E-state index in [9.17, 15) is 38.4 Å². The van der Waals surface area contributed by atoms with E-state index in [1.54, 1.807) is 30.5 Å². The Morgan fingerprint density at radius 1 is 0.575 bits per heavy atom. The highest BCUT2D eigenvalue weighted by molar-refractivity contribution is 7.80. The first-order valence-corrected chi connectivity index (χ1v) is 26.2. The van der Waals surface area contributed by atoms with Crippen molar-refractivity contribution in [1.82, 2.24) is 47.5 Å². The van der Waals surface area contributed by atoms with Gasteiger partial charge in [0.1, 0.15) is 42.3 Å². The molecule has 1 aromatic heterocycles. The van der Waals surface area contributed by atoms with E-state index >= 15 is 0 Å². The monoisotopic (exact) mass is 1040 g/mol. The minimum absolute atomic E-state index is 0.0438. The van der Waals surface area contributed by atoms with E-state index in [0.29, 0.717) is 50.8 Å². The van der Waals surface area contributed by atoms with E-state index in [-0.39, 0.29) is 49.5 Å². The molecular weight excluding hydrogens is 971 g/mol. The molecule has 1 saturated heterocycles. The molecule has 0 bridgehead atoms. The van der Waals surface area contributed by atoms with Crippen LogP contribution in [0, 0.1) is 0 Å². The van der Waals surface area contributed by atoms with Crippen LogP contribution in [0.5, 0.6) is 0 Å². The predicted octanol–water partition coefficient (Wildman–Crippen LogP) is 1.01. The molecule has 13 N–H and O–H groups in total. The number of carbonyl (C=O) groups excluding carboxylic acids is 8. The number of unbranched alkanes of at least 4 members (excludes halogenated alkanes) is 2. The molecule has 0 radical (unpaired) electrons. The van der Waals surface area contributed by atoms with E-state index < -0.39 is 89.7 Å². The summed E-state index contributed by atoms with van der Waals surface area (Å²) < 4.78 is 0. The molecule has 1 aliphatic rings. The number of H-pyrrole nitrogens is 1. The average molecular weight is 1040 g/mol. The van der Waals surface area contributed by atoms with E-state index in [1.165, 1.54) is 0 Å². The molecule has 21 heteroatoms. The van der Waals surface area contributed by atoms with Crippen LogP contribution in [0.15, 0.2) is 91.1 Å². The van der Waals surface area contributed by atoms with Gasteiger partial charge in [-0.15, -0.1) is 0 Å². The number of primary amides is 1. The second-order valence-corrected chi connectivity index (χ2v) is 18.9. The van der Waals surface area contributed by atoms with Gasteiger partial charge in [0.05, 0.1) is 6.04 Å². The number of hydrogen-bond donors (Lipinski definition) is 13. The molecule has 0 unspecified atom stereocenters. The molecule has 0 spiro atoms. The highest BCUT2D eigenvalue weighted by atomic mass is 32.1. The number of carbonyl (C=O) groups is 8. The molecule has 3 aromatic carbocycles. The van der Waals surface area contributed by atoms with Crippen molar-refractivity contribution in [3.8, 4) is 0 Å². The van der Waals surface area contributed by atoms with Crippen molar-refractivity contribution in [2.24, 2.45) is 11.5 Å². The van der Waals surface area contributed by atoms with Gasteiger partial charge < -0.3 is 59.0 Å². The highest BCUT2D eigenvalue weighted by Crippen LogP contribution is 2.20. The third-order valence-electron chi connectivity index (χ3n) is 12.7. The second-order valence-electron chi connectivity index (χ2n) is 18.2. The average Bonchev–Trinajstić information content (AvgIpc) is 4.09. The number of aromatic nitrogens is 1. The van der Waals surface area contributed by atoms with Crippen LogP contribution in [0.1, 0.15) is 75.0 Å². The Balaban J connectivity index is 1.33. The van der Waals surface area contributed by atoms with E-state index in [4.69, 9.17) is 11.5 Å². The number of benzene rings is 3. The predicted molar refractivity (Wildman–Crippen MR) is 286 cm³/mol. The fourth-order valence-corrected chi connectivity index (χ4v) is 9.02. The zero-order valence-electron chi connectivity index (χ0n) is 41.2. The van der Waals surface area contributed by atoms with Gasteiger partial charge in [0, 0.05) is 47.9 Å². The van der Waals surface area contributed by atoms with Crippen LogP contribution in [0.3, 0.4) is 0 Å².